The van der Waals surface area contributed by atoms with E-state index in [1.807, 2.05) is 0 Å². The molecule has 0 saturated carbocycles. The van der Waals surface area contributed by atoms with Crippen LogP contribution in [0.5, 0.6) is 5.75 Å². The number of ether oxygens (including phenoxy) is 2. The van der Waals surface area contributed by atoms with E-state index < -0.39 is 40.2 Å². The van der Waals surface area contributed by atoms with Crippen molar-refractivity contribution in [3.63, 3.8) is 0 Å². The third-order valence-corrected chi connectivity index (χ3v) is 6.52. The van der Waals surface area contributed by atoms with E-state index in [1.54, 1.807) is 6.92 Å². The molecule has 0 fully saturated rings. The second-order valence-corrected chi connectivity index (χ2v) is 9.00. The minimum Gasteiger partial charge on any atom is -0.482 e. The normalized spacial score (nSPS) is 19.5. The van der Waals surface area contributed by atoms with Crippen LogP contribution in [0.1, 0.15) is 48.8 Å². The number of esters is 1. The molecule has 2 atom stereocenters. The van der Waals surface area contributed by atoms with Crippen LogP contribution in [0.4, 0.5) is 18.9 Å². The number of nitro groups is 1. The highest BCUT2D eigenvalue weighted by atomic mass is 19.4. The number of rotatable bonds is 7. The van der Waals surface area contributed by atoms with Crippen molar-refractivity contribution in [2.24, 2.45) is 5.92 Å². The summed E-state index contributed by atoms with van der Waals surface area (Å²) in [4.78, 5) is 37.2. The van der Waals surface area contributed by atoms with Gasteiger partial charge in [0.1, 0.15) is 12.5 Å². The van der Waals surface area contributed by atoms with Crippen LogP contribution in [0.3, 0.4) is 0 Å². The molecule has 0 spiro atoms. The van der Waals surface area contributed by atoms with Crippen molar-refractivity contribution >= 4 is 17.4 Å². The maximum atomic E-state index is 13.0. The fraction of sp³-hybridized carbons (Fsp3) is 0.333. The van der Waals surface area contributed by atoms with E-state index in [0.29, 0.717) is 35.4 Å². The van der Waals surface area contributed by atoms with Crippen LogP contribution in [0.2, 0.25) is 0 Å². The molecule has 0 radical (unpaired) electrons. The van der Waals surface area contributed by atoms with E-state index in [4.69, 9.17) is 9.47 Å². The van der Waals surface area contributed by atoms with E-state index in [-0.39, 0.29) is 36.7 Å². The molecule has 0 saturated heterocycles. The van der Waals surface area contributed by atoms with Crippen molar-refractivity contribution in [2.45, 2.75) is 44.9 Å². The summed E-state index contributed by atoms with van der Waals surface area (Å²) in [7, 11) is 0. The van der Waals surface area contributed by atoms with Gasteiger partial charge in [0, 0.05) is 35.4 Å². The van der Waals surface area contributed by atoms with Gasteiger partial charge in [-0.1, -0.05) is 24.8 Å². The number of hydrogen-bond acceptors (Lipinski definition) is 7. The Kier molecular flexibility index (Phi) is 7.56. The summed E-state index contributed by atoms with van der Waals surface area (Å²) in [6.07, 6.45) is -3.08. The number of ketones is 1. The summed E-state index contributed by atoms with van der Waals surface area (Å²) >= 11 is 0. The van der Waals surface area contributed by atoms with Crippen LogP contribution in [-0.4, -0.2) is 23.3 Å². The van der Waals surface area contributed by atoms with Gasteiger partial charge < -0.3 is 14.8 Å². The zero-order valence-electron chi connectivity index (χ0n) is 20.5. The number of nitro benzene ring substituents is 1. The summed E-state index contributed by atoms with van der Waals surface area (Å²) in [6.45, 7) is 5.35. The molecule has 0 bridgehead atoms. The Morgan fingerprint density at radius 2 is 1.97 bits per heavy atom. The van der Waals surface area contributed by atoms with Gasteiger partial charge in [0.15, 0.2) is 11.5 Å². The zero-order valence-corrected chi connectivity index (χ0v) is 20.5. The van der Waals surface area contributed by atoms with Crippen LogP contribution in [0.15, 0.2) is 66.0 Å². The number of alkyl halides is 3. The molecule has 200 valence electrons. The van der Waals surface area contributed by atoms with Gasteiger partial charge in [0.25, 0.3) is 0 Å². The molecule has 2 aromatic carbocycles. The predicted molar refractivity (Wildman–Crippen MR) is 130 cm³/mol. The summed E-state index contributed by atoms with van der Waals surface area (Å²) in [5.41, 5.74) is 0.518. The molecule has 8 nitrogen and oxygen atoms in total. The van der Waals surface area contributed by atoms with Gasteiger partial charge in [0.05, 0.1) is 17.1 Å². The molecule has 38 heavy (non-hydrogen) atoms. The van der Waals surface area contributed by atoms with E-state index in [9.17, 15) is 32.9 Å². The SMILES string of the molecule is C=C1NC2=C(C(=O)CCC2)C(c2ccc(OCc3cccc(C(F)(F)F)c3)c([N+](=O)[O-])c2)C1C(=O)OCC. The van der Waals surface area contributed by atoms with Crippen LogP contribution < -0.4 is 10.1 Å². The number of nitrogens with zero attached hydrogens (tertiary/aromatic N) is 1. The maximum Gasteiger partial charge on any atom is 0.416 e. The van der Waals surface area contributed by atoms with Crippen molar-refractivity contribution in [1.29, 1.82) is 0 Å². The standard InChI is InChI=1S/C27H25F3N2O6/c1-3-37-26(34)23-15(2)31-19-8-5-9-21(33)25(19)24(23)17-10-11-22(20(13-17)32(35)36)38-14-16-6-4-7-18(12-16)27(28,29)30/h4,6-7,10-13,23-24,31H,2-3,5,8-9,14H2,1H3. The lowest BCUT2D eigenvalue weighted by Crippen LogP contribution is -2.41. The minimum absolute atomic E-state index is 0.0949. The average Bonchev–Trinajstić information content (AvgIpc) is 2.86. The van der Waals surface area contributed by atoms with Crippen molar-refractivity contribution < 1.29 is 37.2 Å². The number of nitrogens with one attached hydrogen (secondary N) is 1. The van der Waals surface area contributed by atoms with Crippen molar-refractivity contribution in [1.82, 2.24) is 5.32 Å². The largest absolute Gasteiger partial charge is 0.482 e. The molecule has 0 amide bonds. The lowest BCUT2D eigenvalue weighted by Gasteiger charge is -2.38. The van der Waals surface area contributed by atoms with E-state index >= 15 is 0 Å². The quantitative estimate of drug-likeness (QED) is 0.283. The Hall–Kier alpha value is -4.15. The van der Waals surface area contributed by atoms with Gasteiger partial charge in [-0.15, -0.1) is 0 Å². The van der Waals surface area contributed by atoms with Gasteiger partial charge in [-0.05, 0) is 49.1 Å². The Labute approximate surface area is 216 Å². The van der Waals surface area contributed by atoms with Crippen LogP contribution in [-0.2, 0) is 27.1 Å². The van der Waals surface area contributed by atoms with E-state index in [0.717, 1.165) is 12.1 Å². The van der Waals surface area contributed by atoms with E-state index in [1.165, 1.54) is 30.3 Å². The fourth-order valence-electron chi connectivity index (χ4n) is 4.85. The monoisotopic (exact) mass is 530 g/mol. The third kappa shape index (κ3) is 5.41. The average molecular weight is 530 g/mol. The Bertz CT molecular complexity index is 1330. The third-order valence-electron chi connectivity index (χ3n) is 6.52. The molecule has 1 aliphatic carbocycles. The van der Waals surface area contributed by atoms with Crippen LogP contribution >= 0.6 is 0 Å². The van der Waals surface area contributed by atoms with Gasteiger partial charge in [-0.3, -0.25) is 19.7 Å². The molecule has 4 rings (SSSR count). The lowest BCUT2D eigenvalue weighted by atomic mass is 9.71. The first-order chi connectivity index (χ1) is 18.0. The smallest absolute Gasteiger partial charge is 0.416 e. The predicted octanol–water partition coefficient (Wildman–Crippen LogP) is 5.58. The molecular weight excluding hydrogens is 505 g/mol. The zero-order chi connectivity index (χ0) is 27.6. The molecule has 2 aliphatic rings. The summed E-state index contributed by atoms with van der Waals surface area (Å²) in [5, 5.41) is 15.0. The highest BCUT2D eigenvalue weighted by molar-refractivity contribution is 6.00. The molecule has 1 N–H and O–H groups in total. The Morgan fingerprint density at radius 1 is 1.21 bits per heavy atom. The second-order valence-electron chi connectivity index (χ2n) is 9.00. The molecule has 2 unspecified atom stereocenters. The topological polar surface area (TPSA) is 108 Å². The number of carbonyl (C=O) groups is 2. The van der Waals surface area contributed by atoms with Gasteiger partial charge in [-0.25, -0.2) is 0 Å². The summed E-state index contributed by atoms with van der Waals surface area (Å²) in [5.74, 6) is -2.81. The number of carbonyl (C=O) groups excluding carboxylic acids is 2. The molecular formula is C27H25F3N2O6. The molecule has 0 aromatic heterocycles. The number of halogens is 3. The number of hydrogen-bond donors (Lipinski definition) is 1. The number of benzene rings is 2. The van der Waals surface area contributed by atoms with Crippen LogP contribution in [0, 0.1) is 16.0 Å². The molecule has 1 aliphatic heterocycles. The highest BCUT2D eigenvalue weighted by Crippen LogP contribution is 2.46. The summed E-state index contributed by atoms with van der Waals surface area (Å²) < 4.78 is 49.9. The first-order valence-corrected chi connectivity index (χ1v) is 12.0. The van der Waals surface area contributed by atoms with Gasteiger partial charge in [-0.2, -0.15) is 13.2 Å². The Balaban J connectivity index is 1.72. The maximum absolute atomic E-state index is 13.0. The van der Waals surface area contributed by atoms with E-state index in [2.05, 4.69) is 11.9 Å². The number of allylic oxidation sites excluding steroid dienone is 2. The highest BCUT2D eigenvalue weighted by Gasteiger charge is 2.44. The molecule has 1 heterocycles. The van der Waals surface area contributed by atoms with Crippen LogP contribution in [0.25, 0.3) is 0 Å². The van der Waals surface area contributed by atoms with Crippen molar-refractivity contribution in [2.75, 3.05) is 6.61 Å². The second kappa shape index (κ2) is 10.7. The first-order valence-electron chi connectivity index (χ1n) is 12.0. The fourth-order valence-corrected chi connectivity index (χ4v) is 4.85. The van der Waals surface area contributed by atoms with Gasteiger partial charge >= 0.3 is 17.8 Å². The number of Topliss-reactive ketones (excluding diaryl/α,β-unsaturated/α-hetero) is 1. The summed E-state index contributed by atoms with van der Waals surface area (Å²) in [6, 6.07) is 8.53. The lowest BCUT2D eigenvalue weighted by molar-refractivity contribution is -0.386. The first kappa shape index (κ1) is 26.9. The molecule has 2 aromatic rings. The molecule has 11 heteroatoms. The van der Waals surface area contributed by atoms with Gasteiger partial charge in [0.2, 0.25) is 0 Å². The van der Waals surface area contributed by atoms with Crippen molar-refractivity contribution in [3.05, 3.63) is 92.8 Å². The Morgan fingerprint density at radius 3 is 2.66 bits per heavy atom. The van der Waals surface area contributed by atoms with Crippen molar-refractivity contribution in [3.8, 4) is 5.75 Å². The minimum atomic E-state index is -4.54.